The number of halogens is 2. The first-order valence-electron chi connectivity index (χ1n) is 8.08. The lowest BCUT2D eigenvalue weighted by Crippen LogP contribution is -2.57. The Balaban J connectivity index is 0.00000156. The maximum absolute atomic E-state index is 12.6. The number of nitrogens with one attached hydrogen (secondary N) is 2. The van der Waals surface area contributed by atoms with Gasteiger partial charge in [-0.2, -0.15) is 0 Å². The summed E-state index contributed by atoms with van der Waals surface area (Å²) in [5.74, 6) is -0.380. The summed E-state index contributed by atoms with van der Waals surface area (Å²) in [5.41, 5.74) is 1.16. The van der Waals surface area contributed by atoms with E-state index in [-0.39, 0.29) is 30.7 Å². The second-order valence-electron chi connectivity index (χ2n) is 6.38. The van der Waals surface area contributed by atoms with Gasteiger partial charge in [-0.15, -0.1) is 36.2 Å². The van der Waals surface area contributed by atoms with E-state index in [1.807, 2.05) is 0 Å². The third kappa shape index (κ3) is 4.66. The fraction of sp³-hybridized carbons (Fsp3) is 0.733. The standard InChI is InChI=1S/C15H23N3O3S2.2ClH/c1-23(20,21)15(6-8-16-9-7-15)14(19)17-10-13-18-11-4-2-3-5-12(11)22-13;;/h16H,2-10H2,1H3,(H,17,19);2*1H. The van der Waals surface area contributed by atoms with Crippen LogP contribution in [0, 0.1) is 0 Å². The van der Waals surface area contributed by atoms with Gasteiger partial charge in [0.2, 0.25) is 5.91 Å². The van der Waals surface area contributed by atoms with Crippen LogP contribution < -0.4 is 10.6 Å². The van der Waals surface area contributed by atoms with Crippen LogP contribution in [0.25, 0.3) is 0 Å². The number of amides is 1. The van der Waals surface area contributed by atoms with Gasteiger partial charge in [-0.25, -0.2) is 13.4 Å². The Morgan fingerprint density at radius 2 is 1.88 bits per heavy atom. The van der Waals surface area contributed by atoms with Gasteiger partial charge < -0.3 is 10.6 Å². The zero-order valence-electron chi connectivity index (χ0n) is 14.2. The topological polar surface area (TPSA) is 88.2 Å². The lowest BCUT2D eigenvalue weighted by molar-refractivity contribution is -0.124. The Hall–Kier alpha value is -0.410. The first kappa shape index (κ1) is 22.6. The third-order valence-corrected chi connectivity index (χ3v) is 8.00. The number of aryl methyl sites for hydroxylation is 2. The predicted octanol–water partition coefficient (Wildman–Crippen LogP) is 1.65. The number of nitrogens with zero attached hydrogens (tertiary/aromatic N) is 1. The van der Waals surface area contributed by atoms with E-state index >= 15 is 0 Å². The molecular formula is C15H25Cl2N3O3S2. The van der Waals surface area contributed by atoms with Gasteiger partial charge >= 0.3 is 0 Å². The zero-order chi connectivity index (χ0) is 16.5. The highest BCUT2D eigenvalue weighted by molar-refractivity contribution is 7.92. The molecule has 1 aliphatic heterocycles. The molecule has 1 aliphatic carbocycles. The van der Waals surface area contributed by atoms with E-state index in [2.05, 4.69) is 15.6 Å². The molecule has 144 valence electrons. The van der Waals surface area contributed by atoms with Gasteiger partial charge in [0.15, 0.2) is 14.6 Å². The minimum atomic E-state index is -3.46. The number of rotatable bonds is 4. The van der Waals surface area contributed by atoms with E-state index in [1.165, 1.54) is 24.0 Å². The Morgan fingerprint density at radius 1 is 1.24 bits per heavy atom. The molecule has 0 spiro atoms. The highest BCUT2D eigenvalue weighted by Gasteiger charge is 2.48. The molecule has 1 amide bonds. The third-order valence-electron chi connectivity index (χ3n) is 4.82. The van der Waals surface area contributed by atoms with Crippen molar-refractivity contribution in [2.75, 3.05) is 19.3 Å². The van der Waals surface area contributed by atoms with Crippen molar-refractivity contribution in [2.45, 2.75) is 49.8 Å². The second kappa shape index (κ2) is 8.99. The van der Waals surface area contributed by atoms with Crippen LogP contribution >= 0.6 is 36.2 Å². The highest BCUT2D eigenvalue weighted by Crippen LogP contribution is 2.29. The molecule has 2 N–H and O–H groups in total. The van der Waals surface area contributed by atoms with Crippen molar-refractivity contribution in [2.24, 2.45) is 0 Å². The van der Waals surface area contributed by atoms with E-state index in [9.17, 15) is 13.2 Å². The number of fused-ring (bicyclic) bond motifs is 1. The fourth-order valence-corrected chi connectivity index (χ4v) is 5.85. The van der Waals surface area contributed by atoms with Crippen LogP contribution in [-0.2, 0) is 34.0 Å². The molecule has 1 aromatic heterocycles. The van der Waals surface area contributed by atoms with Crippen molar-refractivity contribution < 1.29 is 13.2 Å². The zero-order valence-corrected chi connectivity index (χ0v) is 17.4. The molecule has 2 aliphatic rings. The van der Waals surface area contributed by atoms with E-state index in [0.29, 0.717) is 32.5 Å². The molecule has 25 heavy (non-hydrogen) atoms. The fourth-order valence-electron chi connectivity index (χ4n) is 3.39. The SMILES string of the molecule is CS(=O)(=O)C1(C(=O)NCc2nc3c(s2)CCCC3)CCNCC1.Cl.Cl. The Kier molecular flexibility index (Phi) is 8.14. The minimum Gasteiger partial charge on any atom is -0.348 e. The maximum Gasteiger partial charge on any atom is 0.241 e. The Morgan fingerprint density at radius 3 is 2.48 bits per heavy atom. The predicted molar refractivity (Wildman–Crippen MR) is 105 cm³/mol. The van der Waals surface area contributed by atoms with Crippen LogP contribution in [0.3, 0.4) is 0 Å². The molecule has 1 saturated heterocycles. The van der Waals surface area contributed by atoms with E-state index < -0.39 is 14.6 Å². The van der Waals surface area contributed by atoms with Crippen molar-refractivity contribution in [1.82, 2.24) is 15.6 Å². The van der Waals surface area contributed by atoms with E-state index in [4.69, 9.17) is 0 Å². The molecule has 0 saturated carbocycles. The number of aromatic nitrogens is 1. The largest absolute Gasteiger partial charge is 0.348 e. The van der Waals surface area contributed by atoms with Crippen molar-refractivity contribution in [1.29, 1.82) is 0 Å². The lowest BCUT2D eigenvalue weighted by atomic mass is 9.96. The highest BCUT2D eigenvalue weighted by atomic mass is 35.5. The average Bonchev–Trinajstić information content (AvgIpc) is 2.95. The molecule has 6 nitrogen and oxygen atoms in total. The summed E-state index contributed by atoms with van der Waals surface area (Å²) >= 11 is 1.64. The number of carbonyl (C=O) groups is 1. The van der Waals surface area contributed by atoms with Gasteiger partial charge in [-0.3, -0.25) is 4.79 Å². The van der Waals surface area contributed by atoms with Crippen LogP contribution in [-0.4, -0.2) is 43.4 Å². The maximum atomic E-state index is 12.6. The van der Waals surface area contributed by atoms with Crippen LogP contribution in [0.4, 0.5) is 0 Å². The summed E-state index contributed by atoms with van der Waals surface area (Å²) in [6.07, 6.45) is 6.27. The molecule has 0 radical (unpaired) electrons. The average molecular weight is 430 g/mol. The molecule has 10 heteroatoms. The number of hydrogen-bond acceptors (Lipinski definition) is 6. The summed E-state index contributed by atoms with van der Waals surface area (Å²) < 4.78 is 23.1. The second-order valence-corrected chi connectivity index (χ2v) is 9.88. The van der Waals surface area contributed by atoms with Crippen LogP contribution in [0.5, 0.6) is 0 Å². The quantitative estimate of drug-likeness (QED) is 0.759. The van der Waals surface area contributed by atoms with Gasteiger partial charge in [0.1, 0.15) is 5.01 Å². The van der Waals surface area contributed by atoms with Crippen LogP contribution in [0.15, 0.2) is 0 Å². The van der Waals surface area contributed by atoms with E-state index in [0.717, 1.165) is 23.5 Å². The van der Waals surface area contributed by atoms with Crippen molar-refractivity contribution >= 4 is 51.9 Å². The first-order chi connectivity index (χ1) is 10.9. The number of carbonyl (C=O) groups excluding carboxylic acids is 1. The van der Waals surface area contributed by atoms with Gasteiger partial charge in [0.25, 0.3) is 0 Å². The minimum absolute atomic E-state index is 0. The molecular weight excluding hydrogens is 405 g/mol. The smallest absolute Gasteiger partial charge is 0.241 e. The summed E-state index contributed by atoms with van der Waals surface area (Å²) in [5, 5.41) is 6.82. The molecule has 2 heterocycles. The van der Waals surface area contributed by atoms with Crippen LogP contribution in [0.1, 0.15) is 41.3 Å². The summed E-state index contributed by atoms with van der Waals surface area (Å²) in [6.45, 7) is 1.42. The molecule has 0 bridgehead atoms. The summed E-state index contributed by atoms with van der Waals surface area (Å²) in [7, 11) is -3.46. The van der Waals surface area contributed by atoms with Gasteiger partial charge in [-0.1, -0.05) is 0 Å². The van der Waals surface area contributed by atoms with Crippen molar-refractivity contribution in [3.8, 4) is 0 Å². The summed E-state index contributed by atoms with van der Waals surface area (Å²) in [4.78, 5) is 18.6. The number of piperidine rings is 1. The van der Waals surface area contributed by atoms with Gasteiger partial charge in [0.05, 0.1) is 12.2 Å². The van der Waals surface area contributed by atoms with E-state index in [1.54, 1.807) is 11.3 Å². The van der Waals surface area contributed by atoms with Crippen molar-refractivity contribution in [3.63, 3.8) is 0 Å². The molecule has 3 rings (SSSR count). The molecule has 1 aromatic rings. The van der Waals surface area contributed by atoms with Gasteiger partial charge in [-0.05, 0) is 51.6 Å². The Labute approximate surface area is 165 Å². The monoisotopic (exact) mass is 429 g/mol. The first-order valence-corrected chi connectivity index (χ1v) is 10.8. The number of hydrogen-bond donors (Lipinski definition) is 2. The van der Waals surface area contributed by atoms with Crippen molar-refractivity contribution in [3.05, 3.63) is 15.6 Å². The molecule has 0 unspecified atom stereocenters. The molecule has 0 aromatic carbocycles. The Bertz CT molecular complexity index is 677. The lowest BCUT2D eigenvalue weighted by Gasteiger charge is -2.34. The van der Waals surface area contributed by atoms with Gasteiger partial charge in [0, 0.05) is 11.1 Å². The van der Waals surface area contributed by atoms with Crippen LogP contribution in [0.2, 0.25) is 0 Å². The molecule has 1 fully saturated rings. The summed E-state index contributed by atoms with van der Waals surface area (Å²) in [6, 6.07) is 0. The molecule has 0 atom stereocenters. The number of sulfone groups is 1. The normalized spacial score (nSPS) is 19.1. The number of thiazole rings is 1.